The maximum atomic E-state index is 14.0. The average Bonchev–Trinajstić information content (AvgIpc) is 3.36. The van der Waals surface area contributed by atoms with Crippen molar-refractivity contribution in [2.45, 2.75) is 78.1 Å². The van der Waals surface area contributed by atoms with E-state index in [1.165, 1.54) is 7.11 Å². The summed E-state index contributed by atoms with van der Waals surface area (Å²) in [5.41, 5.74) is -0.749. The Balaban J connectivity index is 1.64. The Morgan fingerprint density at radius 3 is 2.53 bits per heavy atom. The van der Waals surface area contributed by atoms with Gasteiger partial charge in [0.2, 0.25) is 0 Å². The third kappa shape index (κ3) is 2.88. The maximum Gasteiger partial charge on any atom is 0.331 e. The average molecular weight is 471 g/mol. The van der Waals surface area contributed by atoms with E-state index in [1.807, 2.05) is 26.8 Å². The zero-order valence-corrected chi connectivity index (χ0v) is 20.8. The number of hydrogen-bond donors (Lipinski definition) is 0. The Hall–Kier alpha value is -2.41. The summed E-state index contributed by atoms with van der Waals surface area (Å²) in [4.78, 5) is 39.2. The van der Waals surface area contributed by atoms with E-state index in [-0.39, 0.29) is 36.1 Å². The number of hydrogen-bond acceptors (Lipinski definition) is 7. The number of furan rings is 1. The molecule has 3 heterocycles. The largest absolute Gasteiger partial charge is 0.472 e. The summed E-state index contributed by atoms with van der Waals surface area (Å²) in [6, 6.07) is 1.82. The Morgan fingerprint density at radius 1 is 1.15 bits per heavy atom. The molecule has 2 aliphatic carbocycles. The van der Waals surface area contributed by atoms with E-state index in [1.54, 1.807) is 18.6 Å². The van der Waals surface area contributed by atoms with Gasteiger partial charge in [-0.25, -0.2) is 4.79 Å². The van der Waals surface area contributed by atoms with Gasteiger partial charge < -0.3 is 18.6 Å². The highest BCUT2D eigenvalue weighted by molar-refractivity contribution is 5.94. The number of cyclic esters (lactones) is 1. The molecule has 1 aromatic heterocycles. The molecule has 2 saturated carbocycles. The predicted octanol–water partition coefficient (Wildman–Crippen LogP) is 4.56. The lowest BCUT2D eigenvalue weighted by Gasteiger charge is -2.62. The number of esters is 2. The van der Waals surface area contributed by atoms with E-state index in [9.17, 15) is 14.4 Å². The second-order valence-electron chi connectivity index (χ2n) is 11.7. The molecule has 0 amide bonds. The molecule has 184 valence electrons. The van der Waals surface area contributed by atoms with E-state index in [2.05, 4.69) is 13.8 Å². The molecule has 1 saturated heterocycles. The summed E-state index contributed by atoms with van der Waals surface area (Å²) in [6.07, 6.45) is 5.83. The molecule has 0 bridgehead atoms. The Labute approximate surface area is 200 Å². The summed E-state index contributed by atoms with van der Waals surface area (Å²) < 4.78 is 22.6. The topological polar surface area (TPSA) is 92.0 Å². The van der Waals surface area contributed by atoms with Crippen LogP contribution in [0.5, 0.6) is 0 Å². The molecule has 0 aromatic carbocycles. The van der Waals surface area contributed by atoms with E-state index >= 15 is 0 Å². The number of carbonyl (C=O) groups excluding carboxylic acids is 3. The van der Waals surface area contributed by atoms with Crippen LogP contribution in [0, 0.1) is 28.1 Å². The van der Waals surface area contributed by atoms with Gasteiger partial charge in [0.05, 0.1) is 43.2 Å². The van der Waals surface area contributed by atoms with Crippen LogP contribution in [0.2, 0.25) is 0 Å². The molecule has 5 rings (SSSR count). The molecular weight excluding hydrogens is 436 g/mol. The quantitative estimate of drug-likeness (QED) is 0.598. The van der Waals surface area contributed by atoms with Crippen molar-refractivity contribution in [3.63, 3.8) is 0 Å². The highest BCUT2D eigenvalue weighted by Crippen LogP contribution is 2.71. The van der Waals surface area contributed by atoms with Crippen molar-refractivity contribution >= 4 is 17.7 Å². The van der Waals surface area contributed by atoms with Crippen LogP contribution in [0.4, 0.5) is 0 Å². The van der Waals surface area contributed by atoms with Gasteiger partial charge in [0, 0.05) is 34.8 Å². The van der Waals surface area contributed by atoms with Crippen LogP contribution >= 0.6 is 0 Å². The summed E-state index contributed by atoms with van der Waals surface area (Å²) in [5, 5.41) is 0. The van der Waals surface area contributed by atoms with Gasteiger partial charge in [-0.15, -0.1) is 0 Å². The van der Waals surface area contributed by atoms with Crippen LogP contribution in [0.1, 0.15) is 72.0 Å². The fraction of sp³-hybridized carbons (Fsp3) is 0.667. The van der Waals surface area contributed by atoms with Crippen LogP contribution < -0.4 is 0 Å². The van der Waals surface area contributed by atoms with Crippen molar-refractivity contribution in [3.05, 3.63) is 35.8 Å². The second-order valence-corrected chi connectivity index (χ2v) is 11.7. The number of methoxy groups -OCH3 is 1. The third-order valence-electron chi connectivity index (χ3n) is 9.77. The Kier molecular flexibility index (Phi) is 5.01. The van der Waals surface area contributed by atoms with E-state index in [4.69, 9.17) is 18.6 Å². The van der Waals surface area contributed by atoms with Gasteiger partial charge >= 0.3 is 11.9 Å². The number of ether oxygens (including phenoxy) is 3. The SMILES string of the molecule is COC(=O)C[C@H]1OC(C)(C)[C@@H]2CC(=O)[C@@]3(C)C4=CC(=O)O[C@@H](c5ccoc5)[C@@]4(C)CCC3[C@@]12C. The summed E-state index contributed by atoms with van der Waals surface area (Å²) in [6.45, 7) is 10.3. The second kappa shape index (κ2) is 7.30. The molecule has 2 aliphatic heterocycles. The minimum Gasteiger partial charge on any atom is -0.472 e. The first-order valence-electron chi connectivity index (χ1n) is 12.1. The van der Waals surface area contributed by atoms with Crippen LogP contribution in [0.3, 0.4) is 0 Å². The fourth-order valence-corrected chi connectivity index (χ4v) is 8.15. The van der Waals surface area contributed by atoms with E-state index < -0.39 is 33.9 Å². The Bertz CT molecular complexity index is 1070. The zero-order chi connectivity index (χ0) is 24.7. The highest BCUT2D eigenvalue weighted by atomic mass is 16.5. The number of ketones is 1. The molecule has 4 aliphatic rings. The molecule has 7 atom stereocenters. The van der Waals surface area contributed by atoms with Gasteiger partial charge in [-0.05, 0) is 51.2 Å². The van der Waals surface area contributed by atoms with Crippen molar-refractivity contribution < 1.29 is 33.0 Å². The van der Waals surface area contributed by atoms with Crippen LogP contribution in [0.25, 0.3) is 0 Å². The minimum absolute atomic E-state index is 0.0367. The fourth-order valence-electron chi connectivity index (χ4n) is 8.15. The molecule has 3 fully saturated rings. The molecule has 0 radical (unpaired) electrons. The summed E-state index contributed by atoms with van der Waals surface area (Å²) in [7, 11) is 1.39. The zero-order valence-electron chi connectivity index (χ0n) is 20.8. The van der Waals surface area contributed by atoms with Crippen molar-refractivity contribution in [1.82, 2.24) is 0 Å². The molecular formula is C27H34O7. The van der Waals surface area contributed by atoms with Crippen molar-refractivity contribution in [3.8, 4) is 0 Å². The van der Waals surface area contributed by atoms with Gasteiger partial charge in [-0.2, -0.15) is 0 Å². The molecule has 0 N–H and O–H groups in total. The smallest absolute Gasteiger partial charge is 0.331 e. The number of carbonyl (C=O) groups is 3. The molecule has 0 spiro atoms. The predicted molar refractivity (Wildman–Crippen MR) is 121 cm³/mol. The normalized spacial score (nSPS) is 42.7. The summed E-state index contributed by atoms with van der Waals surface area (Å²) in [5.74, 6) is -0.742. The Morgan fingerprint density at radius 2 is 1.88 bits per heavy atom. The monoisotopic (exact) mass is 470 g/mol. The lowest BCUT2D eigenvalue weighted by Crippen LogP contribution is -2.62. The van der Waals surface area contributed by atoms with Gasteiger partial charge in [-0.1, -0.05) is 13.8 Å². The van der Waals surface area contributed by atoms with Crippen LogP contribution in [0.15, 0.2) is 34.7 Å². The summed E-state index contributed by atoms with van der Waals surface area (Å²) >= 11 is 0. The first kappa shape index (κ1) is 23.3. The van der Waals surface area contributed by atoms with Gasteiger partial charge in [0.15, 0.2) is 0 Å². The standard InChI is InChI=1S/C27H34O7/c1-24(2)17-11-19(28)26(4)16(27(17,5)20(34-24)13-21(29)31-6)7-9-25(3)18(26)12-22(30)33-23(25)15-8-10-32-14-15/h8,10,12,14,16-17,20,23H,7,9,11,13H2,1-6H3/t16?,17-,20+,23-,25-,26+,27+/m0/s1. The third-order valence-corrected chi connectivity index (χ3v) is 9.77. The molecule has 34 heavy (non-hydrogen) atoms. The van der Waals surface area contributed by atoms with Crippen LogP contribution in [-0.4, -0.2) is 36.5 Å². The van der Waals surface area contributed by atoms with Gasteiger partial charge in [-0.3, -0.25) is 9.59 Å². The van der Waals surface area contributed by atoms with E-state index in [0.717, 1.165) is 24.0 Å². The van der Waals surface area contributed by atoms with Crippen molar-refractivity contribution in [2.24, 2.45) is 28.1 Å². The van der Waals surface area contributed by atoms with Gasteiger partial charge in [0.1, 0.15) is 11.9 Å². The maximum absolute atomic E-state index is 14.0. The number of rotatable bonds is 3. The lowest BCUT2D eigenvalue weighted by molar-refractivity contribution is -0.167. The molecule has 1 unspecified atom stereocenters. The number of Topliss-reactive ketones (excluding diaryl/α,β-unsaturated/α-hetero) is 1. The van der Waals surface area contributed by atoms with Crippen molar-refractivity contribution in [1.29, 1.82) is 0 Å². The number of fused-ring (bicyclic) bond motifs is 5. The molecule has 7 heteroatoms. The first-order chi connectivity index (χ1) is 15.9. The van der Waals surface area contributed by atoms with Crippen LogP contribution in [-0.2, 0) is 28.6 Å². The minimum atomic E-state index is -0.863. The highest BCUT2D eigenvalue weighted by Gasteiger charge is 2.72. The van der Waals surface area contributed by atoms with E-state index in [0.29, 0.717) is 6.42 Å². The first-order valence-corrected chi connectivity index (χ1v) is 12.1. The molecule has 1 aromatic rings. The molecule has 7 nitrogen and oxygen atoms in total. The van der Waals surface area contributed by atoms with Gasteiger partial charge in [0.25, 0.3) is 0 Å². The lowest BCUT2D eigenvalue weighted by atomic mass is 9.40. The van der Waals surface area contributed by atoms with Crippen molar-refractivity contribution in [2.75, 3.05) is 7.11 Å².